The van der Waals surface area contributed by atoms with Gasteiger partial charge in [-0.25, -0.2) is 4.79 Å². The van der Waals surface area contributed by atoms with Crippen LogP contribution in [0.1, 0.15) is 44.6 Å². The highest BCUT2D eigenvalue weighted by Gasteiger charge is 2.26. The van der Waals surface area contributed by atoms with Crippen molar-refractivity contribution in [2.75, 3.05) is 32.7 Å². The van der Waals surface area contributed by atoms with Crippen molar-refractivity contribution in [3.05, 3.63) is 35.9 Å². The molecule has 2 aliphatic rings. The molecule has 4 nitrogen and oxygen atoms in total. The first kappa shape index (κ1) is 18.2. The van der Waals surface area contributed by atoms with E-state index in [1.807, 2.05) is 4.90 Å². The van der Waals surface area contributed by atoms with E-state index in [1.54, 1.807) is 0 Å². The van der Waals surface area contributed by atoms with Crippen molar-refractivity contribution < 1.29 is 4.79 Å². The van der Waals surface area contributed by atoms with Gasteiger partial charge >= 0.3 is 6.03 Å². The fourth-order valence-electron chi connectivity index (χ4n) is 4.17. The van der Waals surface area contributed by atoms with Gasteiger partial charge in [0.2, 0.25) is 0 Å². The first-order valence-corrected chi connectivity index (χ1v) is 10.1. The predicted octanol–water partition coefficient (Wildman–Crippen LogP) is 3.53. The normalized spacial score (nSPS) is 22.8. The number of benzene rings is 1. The van der Waals surface area contributed by atoms with Crippen LogP contribution in [-0.2, 0) is 6.42 Å². The van der Waals surface area contributed by atoms with Crippen LogP contribution in [0.25, 0.3) is 0 Å². The first-order chi connectivity index (χ1) is 12.2. The summed E-state index contributed by atoms with van der Waals surface area (Å²) in [4.78, 5) is 17.0. The molecule has 2 aliphatic heterocycles. The van der Waals surface area contributed by atoms with E-state index in [0.29, 0.717) is 6.04 Å². The van der Waals surface area contributed by atoms with Crippen LogP contribution in [0.4, 0.5) is 4.79 Å². The van der Waals surface area contributed by atoms with Crippen LogP contribution < -0.4 is 5.32 Å². The second-order valence-corrected chi connectivity index (χ2v) is 7.64. The molecule has 138 valence electrons. The highest BCUT2D eigenvalue weighted by atomic mass is 16.2. The number of carbonyl (C=O) groups excluding carboxylic acids is 1. The lowest BCUT2D eigenvalue weighted by molar-refractivity contribution is 0.151. The number of hydrogen-bond acceptors (Lipinski definition) is 2. The van der Waals surface area contributed by atoms with Crippen molar-refractivity contribution in [2.24, 2.45) is 5.92 Å². The van der Waals surface area contributed by atoms with Crippen LogP contribution in [0, 0.1) is 5.92 Å². The monoisotopic (exact) mass is 343 g/mol. The van der Waals surface area contributed by atoms with Crippen LogP contribution in [0.5, 0.6) is 0 Å². The van der Waals surface area contributed by atoms with Gasteiger partial charge in [-0.1, -0.05) is 37.3 Å². The topological polar surface area (TPSA) is 35.6 Å². The first-order valence-electron chi connectivity index (χ1n) is 10.1. The van der Waals surface area contributed by atoms with E-state index >= 15 is 0 Å². The molecule has 2 fully saturated rings. The predicted molar refractivity (Wildman–Crippen MR) is 103 cm³/mol. The van der Waals surface area contributed by atoms with Crippen molar-refractivity contribution in [3.63, 3.8) is 0 Å². The standard InChI is InChI=1S/C21H33N3O/c1-2-23-14-6-9-20(17-23)22-21(25)24-15-12-19(13-16-24)11-10-18-7-4-3-5-8-18/h3-5,7-8,19-20H,2,6,9-17H2,1H3,(H,22,25)/t20-/m1/s1. The molecule has 4 heteroatoms. The molecule has 2 heterocycles. The van der Waals surface area contributed by atoms with Gasteiger partial charge in [0.25, 0.3) is 0 Å². The number of nitrogens with one attached hydrogen (secondary N) is 1. The SMILES string of the molecule is CCN1CCC[C@@H](NC(=O)N2CCC(CCc3ccccc3)CC2)C1. The molecule has 1 N–H and O–H groups in total. The number of aryl methyl sites for hydroxylation is 1. The third kappa shape index (κ3) is 5.46. The second-order valence-electron chi connectivity index (χ2n) is 7.64. The fraction of sp³-hybridized carbons (Fsp3) is 0.667. The van der Waals surface area contributed by atoms with Crippen molar-refractivity contribution in [1.82, 2.24) is 15.1 Å². The minimum atomic E-state index is 0.157. The van der Waals surface area contributed by atoms with E-state index in [-0.39, 0.29) is 6.03 Å². The van der Waals surface area contributed by atoms with Gasteiger partial charge in [-0.2, -0.15) is 0 Å². The number of rotatable bonds is 5. The van der Waals surface area contributed by atoms with Gasteiger partial charge in [0.05, 0.1) is 0 Å². The summed E-state index contributed by atoms with van der Waals surface area (Å²) in [5, 5.41) is 3.27. The third-order valence-electron chi connectivity index (χ3n) is 5.87. The summed E-state index contributed by atoms with van der Waals surface area (Å²) in [6.45, 7) is 7.29. The van der Waals surface area contributed by atoms with E-state index < -0.39 is 0 Å². The zero-order valence-electron chi connectivity index (χ0n) is 15.6. The second kappa shape index (κ2) is 9.23. The Bertz CT molecular complexity index is 525. The molecule has 0 aromatic heterocycles. The molecule has 2 amide bonds. The zero-order valence-corrected chi connectivity index (χ0v) is 15.6. The Labute approximate surface area is 152 Å². The maximum atomic E-state index is 12.5. The molecule has 0 bridgehead atoms. The molecule has 1 atom stereocenters. The Balaban J connectivity index is 1.37. The lowest BCUT2D eigenvalue weighted by Gasteiger charge is -2.36. The molecule has 0 unspecified atom stereocenters. The average Bonchev–Trinajstić information content (AvgIpc) is 2.67. The fourth-order valence-corrected chi connectivity index (χ4v) is 4.17. The number of piperidine rings is 2. The van der Waals surface area contributed by atoms with Gasteiger partial charge in [-0.3, -0.25) is 0 Å². The molecule has 1 aromatic rings. The van der Waals surface area contributed by atoms with Crippen molar-refractivity contribution in [1.29, 1.82) is 0 Å². The summed E-state index contributed by atoms with van der Waals surface area (Å²) >= 11 is 0. The van der Waals surface area contributed by atoms with Crippen LogP contribution in [0.2, 0.25) is 0 Å². The molecule has 1 aromatic carbocycles. The highest BCUT2D eigenvalue weighted by Crippen LogP contribution is 2.22. The summed E-state index contributed by atoms with van der Waals surface area (Å²) in [6.07, 6.45) is 7.01. The summed E-state index contributed by atoms with van der Waals surface area (Å²) in [6, 6.07) is 11.2. The number of carbonyl (C=O) groups is 1. The Hall–Kier alpha value is -1.55. The quantitative estimate of drug-likeness (QED) is 0.888. The minimum Gasteiger partial charge on any atom is -0.334 e. The molecule has 0 radical (unpaired) electrons. The van der Waals surface area contributed by atoms with Crippen LogP contribution in [0.3, 0.4) is 0 Å². The molecule has 0 aliphatic carbocycles. The van der Waals surface area contributed by atoms with Crippen LogP contribution in [-0.4, -0.2) is 54.6 Å². The van der Waals surface area contributed by atoms with Gasteiger partial charge in [-0.15, -0.1) is 0 Å². The highest BCUT2D eigenvalue weighted by molar-refractivity contribution is 5.74. The maximum Gasteiger partial charge on any atom is 0.317 e. The smallest absolute Gasteiger partial charge is 0.317 e. The summed E-state index contributed by atoms with van der Waals surface area (Å²) in [5.41, 5.74) is 1.43. The van der Waals surface area contributed by atoms with Gasteiger partial charge < -0.3 is 15.1 Å². The molecular weight excluding hydrogens is 310 g/mol. The van der Waals surface area contributed by atoms with E-state index in [2.05, 4.69) is 47.5 Å². The summed E-state index contributed by atoms with van der Waals surface area (Å²) in [7, 11) is 0. The van der Waals surface area contributed by atoms with Gasteiger partial charge in [-0.05, 0) is 63.1 Å². The number of nitrogens with zero attached hydrogens (tertiary/aromatic N) is 2. The van der Waals surface area contributed by atoms with Crippen LogP contribution in [0.15, 0.2) is 30.3 Å². The van der Waals surface area contributed by atoms with E-state index in [9.17, 15) is 4.79 Å². The number of hydrogen-bond donors (Lipinski definition) is 1. The lowest BCUT2D eigenvalue weighted by atomic mass is 9.90. The number of likely N-dealkylation sites (N-methyl/N-ethyl adjacent to an activating group) is 1. The maximum absolute atomic E-state index is 12.5. The van der Waals surface area contributed by atoms with Gasteiger partial charge in [0.1, 0.15) is 0 Å². The average molecular weight is 344 g/mol. The summed E-state index contributed by atoms with van der Waals surface area (Å²) in [5.74, 6) is 0.759. The molecule has 3 rings (SSSR count). The molecule has 0 saturated carbocycles. The third-order valence-corrected chi connectivity index (χ3v) is 5.87. The van der Waals surface area contributed by atoms with Crippen LogP contribution >= 0.6 is 0 Å². The van der Waals surface area contributed by atoms with Gasteiger partial charge in [0.15, 0.2) is 0 Å². The molecule has 2 saturated heterocycles. The minimum absolute atomic E-state index is 0.157. The van der Waals surface area contributed by atoms with Crippen molar-refractivity contribution in [3.8, 4) is 0 Å². The van der Waals surface area contributed by atoms with E-state index in [4.69, 9.17) is 0 Å². The van der Waals surface area contributed by atoms with E-state index in [1.165, 1.54) is 24.9 Å². The molecular formula is C21H33N3O. The zero-order chi connectivity index (χ0) is 17.5. The van der Waals surface area contributed by atoms with Crippen molar-refractivity contribution in [2.45, 2.75) is 51.5 Å². The Kier molecular flexibility index (Phi) is 6.74. The number of amides is 2. The molecule has 0 spiro atoms. The summed E-state index contributed by atoms with van der Waals surface area (Å²) < 4.78 is 0. The van der Waals surface area contributed by atoms with E-state index in [0.717, 1.165) is 57.8 Å². The largest absolute Gasteiger partial charge is 0.334 e. The van der Waals surface area contributed by atoms with Crippen molar-refractivity contribution >= 4 is 6.03 Å². The Morgan fingerprint density at radius 2 is 1.88 bits per heavy atom. The number of likely N-dealkylation sites (tertiary alicyclic amines) is 2. The Morgan fingerprint density at radius 3 is 2.60 bits per heavy atom. The Morgan fingerprint density at radius 1 is 1.12 bits per heavy atom. The molecule has 25 heavy (non-hydrogen) atoms. The van der Waals surface area contributed by atoms with Gasteiger partial charge in [0, 0.05) is 25.7 Å². The lowest BCUT2D eigenvalue weighted by Crippen LogP contribution is -2.52. The number of urea groups is 1.